The average Bonchev–Trinajstić information content (AvgIpc) is 2.89. The summed E-state index contributed by atoms with van der Waals surface area (Å²) in [7, 11) is 1.45. The molecule has 3 rings (SSSR count). The van der Waals surface area contributed by atoms with E-state index >= 15 is 0 Å². The van der Waals surface area contributed by atoms with Gasteiger partial charge in [-0.25, -0.2) is 9.48 Å². The molecule has 0 bridgehead atoms. The lowest BCUT2D eigenvalue weighted by molar-refractivity contribution is -0.132. The molecule has 0 amide bonds. The maximum absolute atomic E-state index is 11.2. The van der Waals surface area contributed by atoms with Crippen molar-refractivity contribution in [3.05, 3.63) is 46.6 Å². The largest absolute Gasteiger partial charge is 0.477 e. The number of nitrogens with one attached hydrogen (secondary N) is 1. The van der Waals surface area contributed by atoms with Crippen LogP contribution < -0.4 is 10.1 Å². The van der Waals surface area contributed by atoms with E-state index in [1.54, 1.807) is 29.0 Å². The SMILES string of the molecule is COc1nc2n(n1)C(c1cccc(Cl)c1)C=C(C(=O)O)N2. The molecule has 0 saturated carbocycles. The van der Waals surface area contributed by atoms with E-state index in [1.165, 1.54) is 7.11 Å². The third-order valence-electron chi connectivity index (χ3n) is 3.05. The minimum Gasteiger partial charge on any atom is -0.477 e. The molecule has 1 aliphatic rings. The van der Waals surface area contributed by atoms with E-state index in [2.05, 4.69) is 15.4 Å². The molecule has 0 radical (unpaired) electrons. The van der Waals surface area contributed by atoms with Crippen LogP contribution in [0, 0.1) is 0 Å². The summed E-state index contributed by atoms with van der Waals surface area (Å²) in [6.07, 6.45) is 1.55. The molecule has 0 aliphatic carbocycles. The molecular formula is C13H11ClN4O3. The number of anilines is 1. The number of ether oxygens (including phenoxy) is 1. The number of hydrogen-bond donors (Lipinski definition) is 2. The second kappa shape index (κ2) is 5.10. The first-order chi connectivity index (χ1) is 10.1. The Hall–Kier alpha value is -2.54. The van der Waals surface area contributed by atoms with Gasteiger partial charge in [-0.15, -0.1) is 5.10 Å². The highest BCUT2D eigenvalue weighted by Crippen LogP contribution is 2.31. The van der Waals surface area contributed by atoms with Crippen molar-refractivity contribution in [2.45, 2.75) is 6.04 Å². The Morgan fingerprint density at radius 3 is 3.00 bits per heavy atom. The molecule has 0 fully saturated rings. The van der Waals surface area contributed by atoms with E-state index in [-0.39, 0.29) is 11.7 Å². The van der Waals surface area contributed by atoms with Gasteiger partial charge in [-0.05, 0) is 23.8 Å². The van der Waals surface area contributed by atoms with Crippen molar-refractivity contribution < 1.29 is 14.6 Å². The summed E-state index contributed by atoms with van der Waals surface area (Å²) in [5.41, 5.74) is 0.832. The smallest absolute Gasteiger partial charge is 0.352 e. The second-order valence-corrected chi connectivity index (χ2v) is 4.81. The van der Waals surface area contributed by atoms with E-state index in [0.717, 1.165) is 5.56 Å². The molecule has 7 nitrogen and oxygen atoms in total. The van der Waals surface area contributed by atoms with Crippen LogP contribution in [0.15, 0.2) is 36.0 Å². The van der Waals surface area contributed by atoms with Crippen LogP contribution in [-0.2, 0) is 4.79 Å². The molecule has 1 aromatic heterocycles. The number of benzene rings is 1. The van der Waals surface area contributed by atoms with Gasteiger partial charge >= 0.3 is 12.0 Å². The van der Waals surface area contributed by atoms with Gasteiger partial charge in [-0.3, -0.25) is 0 Å². The van der Waals surface area contributed by atoms with Gasteiger partial charge in [0.2, 0.25) is 5.95 Å². The number of allylic oxidation sites excluding steroid dienone is 1. The molecule has 1 aliphatic heterocycles. The van der Waals surface area contributed by atoms with E-state index in [9.17, 15) is 9.90 Å². The van der Waals surface area contributed by atoms with Crippen molar-refractivity contribution in [2.75, 3.05) is 12.4 Å². The Bertz CT molecular complexity index is 741. The minimum absolute atomic E-state index is 0.0301. The molecule has 108 valence electrons. The number of carbonyl (C=O) groups is 1. The van der Waals surface area contributed by atoms with Crippen molar-refractivity contribution in [1.82, 2.24) is 14.8 Å². The van der Waals surface area contributed by atoms with Gasteiger partial charge in [0.15, 0.2) is 0 Å². The highest BCUT2D eigenvalue weighted by molar-refractivity contribution is 6.30. The molecule has 0 saturated heterocycles. The summed E-state index contributed by atoms with van der Waals surface area (Å²) in [6.45, 7) is 0. The van der Waals surface area contributed by atoms with Crippen LogP contribution >= 0.6 is 11.6 Å². The van der Waals surface area contributed by atoms with Crippen LogP contribution in [0.3, 0.4) is 0 Å². The van der Waals surface area contributed by atoms with Crippen LogP contribution in [0.5, 0.6) is 6.01 Å². The lowest BCUT2D eigenvalue weighted by Gasteiger charge is -2.22. The maximum atomic E-state index is 11.2. The average molecular weight is 307 g/mol. The third kappa shape index (κ3) is 2.43. The summed E-state index contributed by atoms with van der Waals surface area (Å²) in [4.78, 5) is 15.3. The van der Waals surface area contributed by atoms with Gasteiger partial charge in [-0.2, -0.15) is 4.98 Å². The lowest BCUT2D eigenvalue weighted by atomic mass is 10.0. The van der Waals surface area contributed by atoms with E-state index in [4.69, 9.17) is 16.3 Å². The zero-order valence-electron chi connectivity index (χ0n) is 10.9. The van der Waals surface area contributed by atoms with Crippen molar-refractivity contribution in [3.63, 3.8) is 0 Å². The summed E-state index contributed by atoms with van der Waals surface area (Å²) >= 11 is 6.00. The molecule has 8 heteroatoms. The predicted octanol–water partition coefficient (Wildman–Crippen LogP) is 1.92. The highest BCUT2D eigenvalue weighted by Gasteiger charge is 2.27. The number of nitrogens with zero attached hydrogens (tertiary/aromatic N) is 3. The Balaban J connectivity index is 2.12. The number of aliphatic carboxylic acids is 1. The number of aromatic nitrogens is 3. The number of fused-ring (bicyclic) bond motifs is 1. The first-order valence-corrected chi connectivity index (χ1v) is 6.44. The maximum Gasteiger partial charge on any atom is 0.352 e. The Morgan fingerprint density at radius 2 is 2.33 bits per heavy atom. The van der Waals surface area contributed by atoms with Gasteiger partial charge < -0.3 is 15.2 Å². The molecule has 0 spiro atoms. The van der Waals surface area contributed by atoms with E-state index in [0.29, 0.717) is 11.0 Å². The summed E-state index contributed by atoms with van der Waals surface area (Å²) < 4.78 is 6.54. The number of methoxy groups -OCH3 is 1. The van der Waals surface area contributed by atoms with Gasteiger partial charge in [-0.1, -0.05) is 23.7 Å². The van der Waals surface area contributed by atoms with Crippen molar-refractivity contribution in [3.8, 4) is 6.01 Å². The fourth-order valence-corrected chi connectivity index (χ4v) is 2.31. The Kier molecular flexibility index (Phi) is 3.26. The number of halogens is 1. The Morgan fingerprint density at radius 1 is 1.52 bits per heavy atom. The molecule has 2 heterocycles. The van der Waals surface area contributed by atoms with Crippen LogP contribution in [-0.4, -0.2) is 33.0 Å². The highest BCUT2D eigenvalue weighted by atomic mass is 35.5. The van der Waals surface area contributed by atoms with Crippen molar-refractivity contribution in [1.29, 1.82) is 0 Å². The summed E-state index contributed by atoms with van der Waals surface area (Å²) in [5, 5.41) is 16.7. The fraction of sp³-hybridized carbons (Fsp3) is 0.154. The van der Waals surface area contributed by atoms with Crippen LogP contribution in [0.25, 0.3) is 0 Å². The van der Waals surface area contributed by atoms with Crippen LogP contribution in [0.4, 0.5) is 5.95 Å². The summed E-state index contributed by atoms with van der Waals surface area (Å²) in [5.74, 6) is -0.771. The van der Waals surface area contributed by atoms with Crippen LogP contribution in [0.1, 0.15) is 11.6 Å². The topological polar surface area (TPSA) is 89.3 Å². The zero-order chi connectivity index (χ0) is 15.0. The normalized spacial score (nSPS) is 16.7. The number of carboxylic acids is 1. The summed E-state index contributed by atoms with van der Waals surface area (Å²) in [6, 6.07) is 6.87. The molecular weight excluding hydrogens is 296 g/mol. The number of carboxylic acid groups (broad SMARTS) is 1. The molecule has 1 aromatic carbocycles. The molecule has 21 heavy (non-hydrogen) atoms. The van der Waals surface area contributed by atoms with Crippen LogP contribution in [0.2, 0.25) is 5.02 Å². The number of rotatable bonds is 3. The van der Waals surface area contributed by atoms with Gasteiger partial charge in [0, 0.05) is 5.02 Å². The van der Waals surface area contributed by atoms with Crippen molar-refractivity contribution in [2.24, 2.45) is 0 Å². The minimum atomic E-state index is -1.07. The van der Waals surface area contributed by atoms with Gasteiger partial charge in [0.1, 0.15) is 11.7 Å². The first-order valence-electron chi connectivity index (χ1n) is 6.06. The standard InChI is InChI=1S/C13H11ClN4O3/c1-21-13-16-12-15-9(11(19)20)6-10(18(12)17-13)7-3-2-4-8(14)5-7/h2-6,10H,1H3,(H,19,20)(H,15,16,17). The Labute approximate surface area is 124 Å². The predicted molar refractivity (Wildman–Crippen MR) is 75.5 cm³/mol. The lowest BCUT2D eigenvalue weighted by Crippen LogP contribution is -2.24. The molecule has 2 N–H and O–H groups in total. The van der Waals surface area contributed by atoms with Gasteiger partial charge in [0.25, 0.3) is 0 Å². The second-order valence-electron chi connectivity index (χ2n) is 4.38. The van der Waals surface area contributed by atoms with Gasteiger partial charge in [0.05, 0.1) is 7.11 Å². The van der Waals surface area contributed by atoms with E-state index in [1.807, 2.05) is 6.07 Å². The zero-order valence-corrected chi connectivity index (χ0v) is 11.7. The van der Waals surface area contributed by atoms with Crippen molar-refractivity contribution >= 4 is 23.5 Å². The third-order valence-corrected chi connectivity index (χ3v) is 3.28. The monoisotopic (exact) mass is 306 g/mol. The fourth-order valence-electron chi connectivity index (χ4n) is 2.11. The van der Waals surface area contributed by atoms with E-state index < -0.39 is 12.0 Å². The first kappa shape index (κ1) is 13.4. The number of hydrogen-bond acceptors (Lipinski definition) is 5. The molecule has 2 aromatic rings. The molecule has 1 atom stereocenters. The molecule has 1 unspecified atom stereocenters. The quantitative estimate of drug-likeness (QED) is 0.900.